The molecule has 2 aliphatic rings. The van der Waals surface area contributed by atoms with Crippen LogP contribution in [0.2, 0.25) is 0 Å². The van der Waals surface area contributed by atoms with Gasteiger partial charge in [-0.05, 0) is 49.9 Å². The molecule has 1 aromatic heterocycles. The Balaban J connectivity index is 1.48. The molecule has 2 aromatic rings. The van der Waals surface area contributed by atoms with Gasteiger partial charge in [-0.25, -0.2) is 0 Å². The van der Waals surface area contributed by atoms with Crippen molar-refractivity contribution in [2.75, 3.05) is 13.1 Å². The molecule has 0 unspecified atom stereocenters. The largest absolute Gasteiger partial charge is 0.339 e. The maximum Gasteiger partial charge on any atom is 0.230 e. The van der Waals surface area contributed by atoms with Crippen LogP contribution in [0, 0.1) is 5.92 Å². The molecule has 1 saturated carbocycles. The molecule has 2 atom stereocenters. The number of aromatic nitrogens is 2. The lowest BCUT2D eigenvalue weighted by Crippen LogP contribution is -2.29. The molecule has 1 aliphatic heterocycles. The van der Waals surface area contributed by atoms with Gasteiger partial charge in [0, 0.05) is 30.9 Å². The van der Waals surface area contributed by atoms with E-state index in [0.29, 0.717) is 30.3 Å². The highest BCUT2D eigenvalue weighted by Gasteiger charge is 2.31. The van der Waals surface area contributed by atoms with E-state index < -0.39 is 0 Å². The Morgan fingerprint density at radius 3 is 2.88 bits per heavy atom. The second kappa shape index (κ2) is 7.70. The minimum atomic E-state index is 0.200. The van der Waals surface area contributed by atoms with Crippen LogP contribution in [0.5, 0.6) is 0 Å². The second-order valence-corrected chi connectivity index (χ2v) is 7.86. The molecule has 0 spiro atoms. The minimum Gasteiger partial charge on any atom is -0.339 e. The van der Waals surface area contributed by atoms with E-state index in [1.165, 1.54) is 37.9 Å². The van der Waals surface area contributed by atoms with Crippen LogP contribution in [0.15, 0.2) is 28.8 Å². The Hall–Kier alpha value is -2.01. The zero-order chi connectivity index (χ0) is 17.9. The third-order valence-electron chi connectivity index (χ3n) is 5.77. The molecule has 2 heterocycles. The van der Waals surface area contributed by atoms with Crippen LogP contribution in [0.4, 0.5) is 0 Å². The summed E-state index contributed by atoms with van der Waals surface area (Å²) in [4.78, 5) is 18.8. The lowest BCUT2D eigenvalue weighted by molar-refractivity contribution is -0.121. The molecular formula is C21H27N3O2. The van der Waals surface area contributed by atoms with E-state index in [-0.39, 0.29) is 11.8 Å². The SMILES string of the molecule is C[C@@H]1CC(=O)CC[C@@H]1c1nc(-c2cccc(CN3CCCCC3)c2)no1. The molecule has 1 aromatic carbocycles. The molecule has 2 fully saturated rings. The number of carbonyl (C=O) groups is 1. The molecule has 0 radical (unpaired) electrons. The lowest BCUT2D eigenvalue weighted by atomic mass is 9.80. The van der Waals surface area contributed by atoms with Gasteiger partial charge in [-0.2, -0.15) is 4.98 Å². The molecule has 1 aliphatic carbocycles. The summed E-state index contributed by atoms with van der Waals surface area (Å²) in [5, 5.41) is 4.22. The lowest BCUT2D eigenvalue weighted by Gasteiger charge is -2.26. The Morgan fingerprint density at radius 2 is 2.08 bits per heavy atom. The van der Waals surface area contributed by atoms with Crippen LogP contribution in [0.1, 0.15) is 62.8 Å². The number of benzene rings is 1. The molecule has 0 N–H and O–H groups in total. The number of carbonyl (C=O) groups excluding carboxylic acids is 1. The molecule has 5 nitrogen and oxygen atoms in total. The van der Waals surface area contributed by atoms with Gasteiger partial charge in [0.25, 0.3) is 0 Å². The number of ketones is 1. The Bertz CT molecular complexity index is 764. The average Bonchev–Trinajstić information content (AvgIpc) is 3.13. The Labute approximate surface area is 154 Å². The Morgan fingerprint density at radius 1 is 1.23 bits per heavy atom. The first-order valence-corrected chi connectivity index (χ1v) is 9.86. The average molecular weight is 353 g/mol. The van der Waals surface area contributed by atoms with Crippen LogP contribution in [-0.2, 0) is 11.3 Å². The highest BCUT2D eigenvalue weighted by Crippen LogP contribution is 2.36. The molecule has 0 bridgehead atoms. The number of likely N-dealkylation sites (tertiary alicyclic amines) is 1. The van der Waals surface area contributed by atoms with Crippen molar-refractivity contribution in [2.24, 2.45) is 5.92 Å². The van der Waals surface area contributed by atoms with Crippen LogP contribution in [-0.4, -0.2) is 33.9 Å². The first-order chi connectivity index (χ1) is 12.7. The standard InChI is InChI=1S/C21H27N3O2/c1-15-12-18(25)8-9-19(15)21-22-20(23-26-21)17-7-5-6-16(13-17)14-24-10-3-2-4-11-24/h5-7,13,15,19H,2-4,8-12,14H2,1H3/t15-,19+/m1/s1. The van der Waals surface area contributed by atoms with Crippen molar-refractivity contribution in [3.8, 4) is 11.4 Å². The van der Waals surface area contributed by atoms with Crippen molar-refractivity contribution in [2.45, 2.75) is 57.9 Å². The van der Waals surface area contributed by atoms with E-state index in [0.717, 1.165) is 18.5 Å². The predicted molar refractivity (Wildman–Crippen MR) is 99.6 cm³/mol. The third kappa shape index (κ3) is 3.88. The zero-order valence-corrected chi connectivity index (χ0v) is 15.5. The molecule has 5 heteroatoms. The van der Waals surface area contributed by atoms with Gasteiger partial charge in [0.05, 0.1) is 0 Å². The van der Waals surface area contributed by atoms with Gasteiger partial charge in [-0.15, -0.1) is 0 Å². The van der Waals surface area contributed by atoms with Gasteiger partial charge in [-0.1, -0.05) is 36.7 Å². The normalized spacial score (nSPS) is 24.7. The van der Waals surface area contributed by atoms with Gasteiger partial charge in [0.1, 0.15) is 5.78 Å². The number of Topliss-reactive ketones (excluding diaryl/α,β-unsaturated/α-hetero) is 1. The molecule has 26 heavy (non-hydrogen) atoms. The van der Waals surface area contributed by atoms with Gasteiger partial charge >= 0.3 is 0 Å². The maximum absolute atomic E-state index is 11.6. The number of rotatable bonds is 4. The maximum atomic E-state index is 11.6. The first kappa shape index (κ1) is 17.4. The van der Waals surface area contributed by atoms with E-state index in [2.05, 4.69) is 40.2 Å². The summed E-state index contributed by atoms with van der Waals surface area (Å²) >= 11 is 0. The summed E-state index contributed by atoms with van der Waals surface area (Å²) in [5.41, 5.74) is 2.31. The minimum absolute atomic E-state index is 0.200. The molecular weight excluding hydrogens is 326 g/mol. The summed E-state index contributed by atoms with van der Waals surface area (Å²) in [6.07, 6.45) is 6.02. The van der Waals surface area contributed by atoms with Crippen molar-refractivity contribution in [1.82, 2.24) is 15.0 Å². The van der Waals surface area contributed by atoms with Crippen molar-refractivity contribution in [1.29, 1.82) is 0 Å². The number of hydrogen-bond donors (Lipinski definition) is 0. The van der Waals surface area contributed by atoms with Gasteiger partial charge in [0.15, 0.2) is 0 Å². The molecule has 0 amide bonds. The van der Waals surface area contributed by atoms with Crippen LogP contribution < -0.4 is 0 Å². The fourth-order valence-electron chi connectivity index (χ4n) is 4.26. The van der Waals surface area contributed by atoms with Crippen LogP contribution >= 0.6 is 0 Å². The fraction of sp³-hybridized carbons (Fsp3) is 0.571. The third-order valence-corrected chi connectivity index (χ3v) is 5.77. The molecule has 1 saturated heterocycles. The van der Waals surface area contributed by atoms with Crippen molar-refractivity contribution in [3.63, 3.8) is 0 Å². The number of hydrogen-bond acceptors (Lipinski definition) is 5. The van der Waals surface area contributed by atoms with Crippen LogP contribution in [0.25, 0.3) is 11.4 Å². The van der Waals surface area contributed by atoms with Crippen molar-refractivity contribution in [3.05, 3.63) is 35.7 Å². The summed E-state index contributed by atoms with van der Waals surface area (Å²) in [6, 6.07) is 8.47. The van der Waals surface area contributed by atoms with Crippen molar-refractivity contribution < 1.29 is 9.32 Å². The quantitative estimate of drug-likeness (QED) is 0.824. The van der Waals surface area contributed by atoms with Crippen molar-refractivity contribution >= 4 is 5.78 Å². The van der Waals surface area contributed by atoms with E-state index in [1.807, 2.05) is 6.07 Å². The topological polar surface area (TPSA) is 59.2 Å². The highest BCUT2D eigenvalue weighted by atomic mass is 16.5. The predicted octanol–water partition coefficient (Wildman–Crippen LogP) is 4.20. The second-order valence-electron chi connectivity index (χ2n) is 7.86. The zero-order valence-electron chi connectivity index (χ0n) is 15.5. The molecule has 4 rings (SSSR count). The fourth-order valence-corrected chi connectivity index (χ4v) is 4.26. The highest BCUT2D eigenvalue weighted by molar-refractivity contribution is 5.79. The van der Waals surface area contributed by atoms with E-state index in [4.69, 9.17) is 4.52 Å². The number of piperidine rings is 1. The first-order valence-electron chi connectivity index (χ1n) is 9.86. The van der Waals surface area contributed by atoms with Gasteiger partial charge in [0.2, 0.25) is 11.7 Å². The van der Waals surface area contributed by atoms with Gasteiger partial charge < -0.3 is 4.52 Å². The summed E-state index contributed by atoms with van der Waals surface area (Å²) < 4.78 is 5.57. The number of nitrogens with zero attached hydrogens (tertiary/aromatic N) is 3. The summed E-state index contributed by atoms with van der Waals surface area (Å²) in [5.74, 6) is 2.16. The monoisotopic (exact) mass is 353 g/mol. The van der Waals surface area contributed by atoms with E-state index >= 15 is 0 Å². The molecule has 138 valence electrons. The van der Waals surface area contributed by atoms with E-state index in [1.54, 1.807) is 0 Å². The van der Waals surface area contributed by atoms with Gasteiger partial charge in [-0.3, -0.25) is 9.69 Å². The summed E-state index contributed by atoms with van der Waals surface area (Å²) in [7, 11) is 0. The van der Waals surface area contributed by atoms with E-state index in [9.17, 15) is 4.79 Å². The van der Waals surface area contributed by atoms with Crippen LogP contribution in [0.3, 0.4) is 0 Å². The summed E-state index contributed by atoms with van der Waals surface area (Å²) in [6.45, 7) is 5.47. The Kier molecular flexibility index (Phi) is 5.16. The smallest absolute Gasteiger partial charge is 0.230 e.